The Morgan fingerprint density at radius 1 is 1.69 bits per heavy atom. The molecule has 0 bridgehead atoms. The first-order valence-electron chi connectivity index (χ1n) is 4.34. The largest absolute Gasteiger partial charge is 0.375 e. The highest BCUT2D eigenvalue weighted by Crippen LogP contribution is 2.05. The Morgan fingerprint density at radius 3 is 3.08 bits per heavy atom. The van der Waals surface area contributed by atoms with Crippen molar-refractivity contribution >= 4 is 17.7 Å². The number of hydrogen-bond acceptors (Lipinski definition) is 3. The van der Waals surface area contributed by atoms with E-state index in [2.05, 4.69) is 0 Å². The number of rotatable bonds is 2. The number of morpholine rings is 1. The highest BCUT2D eigenvalue weighted by atomic mass is 32.2. The third-order valence-corrected chi connectivity index (χ3v) is 2.31. The molecule has 0 saturated carbocycles. The fourth-order valence-electron chi connectivity index (χ4n) is 1.25. The van der Waals surface area contributed by atoms with E-state index in [4.69, 9.17) is 4.74 Å². The molecule has 1 amide bonds. The summed E-state index contributed by atoms with van der Waals surface area (Å²) in [4.78, 5) is 13.3. The average molecular weight is 201 g/mol. The quantitative estimate of drug-likeness (QED) is 0.627. The maximum Gasteiger partial charge on any atom is 0.247 e. The second-order valence-corrected chi connectivity index (χ2v) is 3.75. The molecule has 74 valence electrons. The molecule has 1 fully saturated rings. The van der Waals surface area contributed by atoms with Gasteiger partial charge in [0.25, 0.3) is 0 Å². The smallest absolute Gasteiger partial charge is 0.247 e. The summed E-state index contributed by atoms with van der Waals surface area (Å²) in [6.07, 6.45) is 3.72. The summed E-state index contributed by atoms with van der Waals surface area (Å²) in [5.41, 5.74) is 0. The predicted octanol–water partition coefficient (Wildman–Crippen LogP) is 1.11. The first-order valence-corrected chi connectivity index (χ1v) is 5.62. The van der Waals surface area contributed by atoms with Crippen LogP contribution in [-0.4, -0.2) is 42.9 Å². The Hall–Kier alpha value is -0.480. The molecular weight excluding hydrogens is 186 g/mol. The topological polar surface area (TPSA) is 29.5 Å². The number of hydrogen-bond donors (Lipinski definition) is 0. The normalized spacial score (nSPS) is 23.8. The summed E-state index contributed by atoms with van der Waals surface area (Å²) in [5.74, 6) is 0.0875. The van der Waals surface area contributed by atoms with E-state index in [9.17, 15) is 4.79 Å². The van der Waals surface area contributed by atoms with Gasteiger partial charge in [0.1, 0.15) is 0 Å². The maximum atomic E-state index is 11.5. The Labute approximate surface area is 83.1 Å². The van der Waals surface area contributed by atoms with Crippen molar-refractivity contribution in [1.29, 1.82) is 0 Å². The SMILES string of the molecule is CS/C=C/C(=O)N1CCOC(C)C1. The van der Waals surface area contributed by atoms with Crippen molar-refractivity contribution in [1.82, 2.24) is 4.90 Å². The Morgan fingerprint density at radius 2 is 2.46 bits per heavy atom. The van der Waals surface area contributed by atoms with Crippen molar-refractivity contribution in [3.05, 3.63) is 11.5 Å². The Bertz CT molecular complexity index is 206. The average Bonchev–Trinajstić information content (AvgIpc) is 2.14. The Balaban J connectivity index is 2.41. The standard InChI is InChI=1S/C9H15NO2S/c1-8-7-10(4-5-12-8)9(11)3-6-13-2/h3,6,8H,4-5,7H2,1-2H3/b6-3+. The lowest BCUT2D eigenvalue weighted by Crippen LogP contribution is -2.43. The molecule has 0 radical (unpaired) electrons. The number of ether oxygens (including phenoxy) is 1. The highest BCUT2D eigenvalue weighted by molar-refractivity contribution is 8.01. The third-order valence-electron chi connectivity index (χ3n) is 1.90. The predicted molar refractivity (Wildman–Crippen MR) is 54.6 cm³/mol. The van der Waals surface area contributed by atoms with Gasteiger partial charge in [-0.15, -0.1) is 11.8 Å². The molecule has 3 nitrogen and oxygen atoms in total. The monoisotopic (exact) mass is 201 g/mol. The van der Waals surface area contributed by atoms with Crippen LogP contribution < -0.4 is 0 Å². The van der Waals surface area contributed by atoms with Crippen molar-refractivity contribution in [2.45, 2.75) is 13.0 Å². The van der Waals surface area contributed by atoms with Crippen LogP contribution in [-0.2, 0) is 9.53 Å². The van der Waals surface area contributed by atoms with Crippen LogP contribution in [0.2, 0.25) is 0 Å². The second-order valence-electron chi connectivity index (χ2n) is 3.00. The molecule has 0 aromatic carbocycles. The van der Waals surface area contributed by atoms with Crippen LogP contribution in [0.25, 0.3) is 0 Å². The summed E-state index contributed by atoms with van der Waals surface area (Å²) in [6, 6.07) is 0. The zero-order valence-corrected chi connectivity index (χ0v) is 8.84. The van der Waals surface area contributed by atoms with Crippen LogP contribution in [0.3, 0.4) is 0 Å². The van der Waals surface area contributed by atoms with E-state index in [1.54, 1.807) is 6.08 Å². The number of thioether (sulfide) groups is 1. The molecule has 0 aromatic rings. The molecule has 4 heteroatoms. The lowest BCUT2D eigenvalue weighted by Gasteiger charge is -2.30. The summed E-state index contributed by atoms with van der Waals surface area (Å²) < 4.78 is 5.34. The van der Waals surface area contributed by atoms with Crippen molar-refractivity contribution in [3.8, 4) is 0 Å². The van der Waals surface area contributed by atoms with E-state index in [0.717, 1.165) is 0 Å². The fourth-order valence-corrected chi connectivity index (χ4v) is 1.50. The van der Waals surface area contributed by atoms with Crippen LogP contribution in [0.1, 0.15) is 6.92 Å². The van der Waals surface area contributed by atoms with Crippen LogP contribution in [0, 0.1) is 0 Å². The van der Waals surface area contributed by atoms with E-state index in [-0.39, 0.29) is 12.0 Å². The van der Waals surface area contributed by atoms with Gasteiger partial charge in [0.05, 0.1) is 12.7 Å². The summed E-state index contributed by atoms with van der Waals surface area (Å²) in [5, 5.41) is 1.81. The van der Waals surface area contributed by atoms with Gasteiger partial charge in [-0.25, -0.2) is 0 Å². The second kappa shape index (κ2) is 5.29. The molecule has 0 aromatic heterocycles. The van der Waals surface area contributed by atoms with Gasteiger partial charge >= 0.3 is 0 Å². The molecule has 0 N–H and O–H groups in total. The van der Waals surface area contributed by atoms with E-state index >= 15 is 0 Å². The lowest BCUT2D eigenvalue weighted by molar-refractivity contribution is -0.132. The molecule has 0 spiro atoms. The number of carbonyl (C=O) groups is 1. The van der Waals surface area contributed by atoms with Crippen molar-refractivity contribution in [2.75, 3.05) is 26.0 Å². The fraction of sp³-hybridized carbons (Fsp3) is 0.667. The van der Waals surface area contributed by atoms with Crippen LogP contribution >= 0.6 is 11.8 Å². The van der Waals surface area contributed by atoms with E-state index in [1.165, 1.54) is 11.8 Å². The van der Waals surface area contributed by atoms with E-state index in [0.29, 0.717) is 19.7 Å². The van der Waals surface area contributed by atoms with E-state index in [1.807, 2.05) is 23.5 Å². The maximum absolute atomic E-state index is 11.5. The lowest BCUT2D eigenvalue weighted by atomic mass is 10.3. The molecule has 1 aliphatic rings. The molecular formula is C9H15NO2S. The molecule has 1 rings (SSSR count). The van der Waals surface area contributed by atoms with Gasteiger partial charge in [0.15, 0.2) is 0 Å². The minimum absolute atomic E-state index is 0.0875. The summed E-state index contributed by atoms with van der Waals surface area (Å²) >= 11 is 1.54. The molecule has 1 aliphatic heterocycles. The van der Waals surface area contributed by atoms with Crippen molar-refractivity contribution in [2.24, 2.45) is 0 Å². The zero-order valence-electron chi connectivity index (χ0n) is 8.03. The summed E-state index contributed by atoms with van der Waals surface area (Å²) in [7, 11) is 0. The van der Waals surface area contributed by atoms with Crippen molar-refractivity contribution in [3.63, 3.8) is 0 Å². The van der Waals surface area contributed by atoms with Gasteiger partial charge in [-0.3, -0.25) is 4.79 Å². The van der Waals surface area contributed by atoms with Crippen LogP contribution in [0.15, 0.2) is 11.5 Å². The van der Waals surface area contributed by atoms with Gasteiger partial charge in [-0.05, 0) is 18.6 Å². The molecule has 1 atom stereocenters. The minimum atomic E-state index is 0.0875. The molecule has 13 heavy (non-hydrogen) atoms. The van der Waals surface area contributed by atoms with Gasteiger partial charge in [-0.2, -0.15) is 0 Å². The van der Waals surface area contributed by atoms with Crippen LogP contribution in [0.4, 0.5) is 0 Å². The van der Waals surface area contributed by atoms with Crippen molar-refractivity contribution < 1.29 is 9.53 Å². The molecule has 1 saturated heterocycles. The first-order chi connectivity index (χ1) is 6.24. The first kappa shape index (κ1) is 10.6. The van der Waals surface area contributed by atoms with Gasteiger partial charge in [0, 0.05) is 19.2 Å². The summed E-state index contributed by atoms with van der Waals surface area (Å²) in [6.45, 7) is 4.05. The molecule has 1 heterocycles. The van der Waals surface area contributed by atoms with E-state index < -0.39 is 0 Å². The zero-order chi connectivity index (χ0) is 9.68. The van der Waals surface area contributed by atoms with Gasteiger partial charge in [0.2, 0.25) is 5.91 Å². The number of amides is 1. The third kappa shape index (κ3) is 3.40. The highest BCUT2D eigenvalue weighted by Gasteiger charge is 2.19. The van der Waals surface area contributed by atoms with Gasteiger partial charge in [-0.1, -0.05) is 0 Å². The van der Waals surface area contributed by atoms with Gasteiger partial charge < -0.3 is 9.64 Å². The molecule has 0 aliphatic carbocycles. The number of nitrogens with zero attached hydrogens (tertiary/aromatic N) is 1. The van der Waals surface area contributed by atoms with Crippen LogP contribution in [0.5, 0.6) is 0 Å². The molecule has 1 unspecified atom stereocenters. The number of carbonyl (C=O) groups excluding carboxylic acids is 1. The minimum Gasteiger partial charge on any atom is -0.375 e. The Kier molecular flexibility index (Phi) is 4.32.